The predicted octanol–water partition coefficient (Wildman–Crippen LogP) is 2.55. The van der Waals surface area contributed by atoms with Crippen molar-refractivity contribution in [3.63, 3.8) is 0 Å². The number of carbonyl (C=O) groups excluding carboxylic acids is 2. The number of esters is 2. The highest BCUT2D eigenvalue weighted by Gasteiger charge is 2.29. The van der Waals surface area contributed by atoms with Crippen LogP contribution in [0, 0.1) is 11.3 Å². The SMILES string of the molecule is CC(C)C(O)C(C)(C)CO.O=C1OC(=O)c2ccccc21.OCCCCCCO. The number of aliphatic hydroxyl groups excluding tert-OH is 4. The standard InChI is InChI=1S/C8H4O3.C8H18O2.C6H14O2/c9-7-5-3-1-2-4-6(5)8(10)11-7;1-6(2)7(10)8(3,4)5-9;7-5-3-1-2-4-6-8/h1-4H;6-7,9-10H,5H2,1-4H3;7-8H,1-6H2. The maximum atomic E-state index is 10.8. The van der Waals surface area contributed by atoms with Crippen LogP contribution in [0.4, 0.5) is 0 Å². The van der Waals surface area contributed by atoms with Crippen LogP contribution in [0.15, 0.2) is 24.3 Å². The second kappa shape index (κ2) is 14.2. The van der Waals surface area contributed by atoms with Gasteiger partial charge in [-0.2, -0.15) is 0 Å². The molecule has 1 atom stereocenters. The van der Waals surface area contributed by atoms with Crippen molar-refractivity contribution in [2.24, 2.45) is 11.3 Å². The molecule has 7 nitrogen and oxygen atoms in total. The molecule has 2 rings (SSSR count). The van der Waals surface area contributed by atoms with Crippen molar-refractivity contribution in [1.29, 1.82) is 0 Å². The summed E-state index contributed by atoms with van der Waals surface area (Å²) in [5.41, 5.74) is 0.351. The summed E-state index contributed by atoms with van der Waals surface area (Å²) in [6.45, 7) is 8.21. The molecule has 166 valence electrons. The zero-order chi connectivity index (χ0) is 22.4. The van der Waals surface area contributed by atoms with Crippen LogP contribution in [0.5, 0.6) is 0 Å². The highest BCUT2D eigenvalue weighted by atomic mass is 16.6. The summed E-state index contributed by atoms with van der Waals surface area (Å²) >= 11 is 0. The van der Waals surface area contributed by atoms with E-state index in [0.29, 0.717) is 11.1 Å². The largest absolute Gasteiger partial charge is 0.396 e. The Morgan fingerprint density at radius 2 is 1.28 bits per heavy atom. The minimum atomic E-state index is -0.550. The van der Waals surface area contributed by atoms with Crippen LogP contribution in [-0.4, -0.2) is 58.3 Å². The second-order valence-electron chi connectivity index (χ2n) is 7.92. The molecule has 29 heavy (non-hydrogen) atoms. The molecule has 0 saturated heterocycles. The Labute approximate surface area is 173 Å². The molecular formula is C22H36O7. The molecule has 1 aliphatic heterocycles. The van der Waals surface area contributed by atoms with Gasteiger partial charge >= 0.3 is 11.9 Å². The first-order valence-corrected chi connectivity index (χ1v) is 9.98. The third-order valence-electron chi connectivity index (χ3n) is 4.46. The number of unbranched alkanes of at least 4 members (excludes halogenated alkanes) is 3. The third kappa shape index (κ3) is 9.99. The van der Waals surface area contributed by atoms with Crippen LogP contribution in [0.3, 0.4) is 0 Å². The number of fused-ring (bicyclic) bond motifs is 1. The van der Waals surface area contributed by atoms with E-state index in [4.69, 9.17) is 15.3 Å². The first kappa shape index (κ1) is 27.2. The first-order chi connectivity index (χ1) is 13.6. The summed E-state index contributed by atoms with van der Waals surface area (Å²) in [6.07, 6.45) is 3.41. The monoisotopic (exact) mass is 412 g/mol. The molecule has 0 radical (unpaired) electrons. The number of ether oxygens (including phenoxy) is 1. The van der Waals surface area contributed by atoms with E-state index in [-0.39, 0.29) is 31.2 Å². The van der Waals surface area contributed by atoms with Gasteiger partial charge in [0.1, 0.15) is 0 Å². The topological polar surface area (TPSA) is 124 Å². The van der Waals surface area contributed by atoms with E-state index in [0.717, 1.165) is 25.7 Å². The first-order valence-electron chi connectivity index (χ1n) is 9.98. The fourth-order valence-corrected chi connectivity index (χ4v) is 2.61. The van der Waals surface area contributed by atoms with Gasteiger partial charge in [-0.3, -0.25) is 0 Å². The Hall–Kier alpha value is -1.80. The smallest absolute Gasteiger partial charge is 0.346 e. The van der Waals surface area contributed by atoms with Crippen LogP contribution in [0.25, 0.3) is 0 Å². The Morgan fingerprint density at radius 3 is 1.55 bits per heavy atom. The van der Waals surface area contributed by atoms with Crippen molar-refractivity contribution in [2.75, 3.05) is 19.8 Å². The average Bonchev–Trinajstić information content (AvgIpc) is 3.00. The molecule has 1 heterocycles. The van der Waals surface area contributed by atoms with Crippen molar-refractivity contribution in [3.8, 4) is 0 Å². The van der Waals surface area contributed by atoms with E-state index in [9.17, 15) is 14.7 Å². The maximum Gasteiger partial charge on any atom is 0.346 e. The van der Waals surface area contributed by atoms with Crippen LogP contribution in [0.2, 0.25) is 0 Å². The number of benzene rings is 1. The van der Waals surface area contributed by atoms with Gasteiger partial charge in [-0.05, 0) is 30.9 Å². The van der Waals surface area contributed by atoms with Gasteiger partial charge in [0.05, 0.1) is 23.8 Å². The molecule has 0 bridgehead atoms. The summed E-state index contributed by atoms with van der Waals surface area (Å²) in [7, 11) is 0. The fraction of sp³-hybridized carbons (Fsp3) is 0.636. The molecule has 0 saturated carbocycles. The van der Waals surface area contributed by atoms with E-state index in [2.05, 4.69) is 4.74 Å². The van der Waals surface area contributed by atoms with Gasteiger partial charge in [-0.1, -0.05) is 52.7 Å². The molecule has 0 spiro atoms. The molecular weight excluding hydrogens is 376 g/mol. The number of rotatable bonds is 8. The summed E-state index contributed by atoms with van der Waals surface area (Å²) in [5.74, 6) is -0.890. The molecule has 0 fully saturated rings. The molecule has 1 aromatic carbocycles. The number of aliphatic hydroxyl groups is 4. The van der Waals surface area contributed by atoms with Crippen LogP contribution < -0.4 is 0 Å². The lowest BCUT2D eigenvalue weighted by molar-refractivity contribution is -0.0204. The van der Waals surface area contributed by atoms with Crippen LogP contribution in [-0.2, 0) is 4.74 Å². The molecule has 1 unspecified atom stereocenters. The Balaban J connectivity index is 0.000000413. The van der Waals surface area contributed by atoms with Crippen molar-refractivity contribution in [3.05, 3.63) is 35.4 Å². The lowest BCUT2D eigenvalue weighted by Crippen LogP contribution is -2.36. The molecule has 7 heteroatoms. The molecule has 0 aliphatic carbocycles. The lowest BCUT2D eigenvalue weighted by Gasteiger charge is -2.30. The second-order valence-corrected chi connectivity index (χ2v) is 7.92. The van der Waals surface area contributed by atoms with E-state index in [1.165, 1.54) is 0 Å². The van der Waals surface area contributed by atoms with E-state index < -0.39 is 18.0 Å². The van der Waals surface area contributed by atoms with Crippen LogP contribution >= 0.6 is 0 Å². The number of hydrogen-bond donors (Lipinski definition) is 4. The van der Waals surface area contributed by atoms with Crippen LogP contribution in [0.1, 0.15) is 74.1 Å². The summed E-state index contributed by atoms with van der Waals surface area (Å²) in [4.78, 5) is 21.7. The minimum absolute atomic E-state index is 0.0341. The lowest BCUT2D eigenvalue weighted by atomic mass is 9.82. The third-order valence-corrected chi connectivity index (χ3v) is 4.46. The van der Waals surface area contributed by atoms with Gasteiger partial charge in [-0.15, -0.1) is 0 Å². The number of carbonyl (C=O) groups is 2. The van der Waals surface area contributed by atoms with E-state index in [1.54, 1.807) is 24.3 Å². The van der Waals surface area contributed by atoms with E-state index in [1.807, 2.05) is 27.7 Å². The Morgan fingerprint density at radius 1 is 0.862 bits per heavy atom. The summed E-state index contributed by atoms with van der Waals surface area (Å²) < 4.78 is 4.35. The zero-order valence-corrected chi connectivity index (χ0v) is 17.9. The number of hydrogen-bond acceptors (Lipinski definition) is 7. The average molecular weight is 413 g/mol. The predicted molar refractivity (Wildman–Crippen MR) is 111 cm³/mol. The van der Waals surface area contributed by atoms with Gasteiger partial charge in [0.2, 0.25) is 0 Å². The van der Waals surface area contributed by atoms with Crippen molar-refractivity contribution in [1.82, 2.24) is 0 Å². The summed E-state index contributed by atoms with van der Waals surface area (Å²) in [5, 5.41) is 35.0. The van der Waals surface area contributed by atoms with Crippen molar-refractivity contribution in [2.45, 2.75) is 59.5 Å². The van der Waals surface area contributed by atoms with Gasteiger partial charge < -0.3 is 25.2 Å². The zero-order valence-electron chi connectivity index (χ0n) is 17.9. The Kier molecular flexibility index (Phi) is 13.3. The molecule has 0 amide bonds. The molecule has 1 aromatic rings. The summed E-state index contributed by atoms with van der Waals surface area (Å²) in [6, 6.07) is 6.53. The van der Waals surface area contributed by atoms with Gasteiger partial charge in [0.15, 0.2) is 0 Å². The van der Waals surface area contributed by atoms with Gasteiger partial charge in [0, 0.05) is 18.6 Å². The maximum absolute atomic E-state index is 10.8. The van der Waals surface area contributed by atoms with Gasteiger partial charge in [-0.25, -0.2) is 9.59 Å². The quantitative estimate of drug-likeness (QED) is 0.294. The fourth-order valence-electron chi connectivity index (χ4n) is 2.61. The molecule has 1 aliphatic rings. The highest BCUT2D eigenvalue weighted by Crippen LogP contribution is 2.24. The molecule has 0 aromatic heterocycles. The minimum Gasteiger partial charge on any atom is -0.396 e. The Bertz CT molecular complexity index is 572. The normalized spacial score (nSPS) is 13.7. The van der Waals surface area contributed by atoms with Crippen molar-refractivity contribution < 1.29 is 34.8 Å². The molecule has 4 N–H and O–H groups in total. The van der Waals surface area contributed by atoms with Crippen molar-refractivity contribution >= 4 is 11.9 Å². The number of cyclic esters (lactones) is 2. The van der Waals surface area contributed by atoms with Gasteiger partial charge in [0.25, 0.3) is 0 Å². The van der Waals surface area contributed by atoms with E-state index >= 15 is 0 Å². The highest BCUT2D eigenvalue weighted by molar-refractivity contribution is 6.14.